The standard InChI is InChI=1S/C26H21ClO3/c1-29-20-12-8-17(9-13-20)25-21-4-2-3-5-23(21)30-24-15-18(14-22(28)26(24)25)16-6-10-19(27)11-7-16/h2-13,18,25H,14-15H2,1H3/t18-,25-/m0/s1. The largest absolute Gasteiger partial charge is 0.497 e. The van der Waals surface area contributed by atoms with E-state index in [0.29, 0.717) is 17.9 Å². The summed E-state index contributed by atoms with van der Waals surface area (Å²) in [4.78, 5) is 13.4. The van der Waals surface area contributed by atoms with Gasteiger partial charge in [0.05, 0.1) is 7.11 Å². The maximum atomic E-state index is 13.4. The van der Waals surface area contributed by atoms with Crippen molar-refractivity contribution >= 4 is 17.4 Å². The fourth-order valence-corrected chi connectivity index (χ4v) is 4.65. The predicted octanol–water partition coefficient (Wildman–Crippen LogP) is 6.27. The van der Waals surface area contributed by atoms with Crippen LogP contribution in [0.25, 0.3) is 0 Å². The van der Waals surface area contributed by atoms with Crippen molar-refractivity contribution in [3.8, 4) is 11.5 Å². The number of para-hydroxylation sites is 1. The van der Waals surface area contributed by atoms with Gasteiger partial charge in [0.15, 0.2) is 5.78 Å². The topological polar surface area (TPSA) is 35.5 Å². The maximum absolute atomic E-state index is 13.4. The highest BCUT2D eigenvalue weighted by Crippen LogP contribution is 2.49. The van der Waals surface area contributed by atoms with E-state index in [-0.39, 0.29) is 17.6 Å². The van der Waals surface area contributed by atoms with Crippen molar-refractivity contribution in [3.63, 3.8) is 0 Å². The fraction of sp³-hybridized carbons (Fsp3) is 0.192. The molecular weight excluding hydrogens is 396 g/mol. The first-order valence-electron chi connectivity index (χ1n) is 10.1. The molecule has 0 aromatic heterocycles. The Bertz CT molecular complexity index is 1130. The summed E-state index contributed by atoms with van der Waals surface area (Å²) in [6, 6.07) is 23.7. The molecule has 3 aromatic carbocycles. The molecule has 1 heterocycles. The Balaban J connectivity index is 1.59. The van der Waals surface area contributed by atoms with E-state index >= 15 is 0 Å². The van der Waals surface area contributed by atoms with Crippen molar-refractivity contribution < 1.29 is 14.3 Å². The Labute approximate surface area is 180 Å². The molecule has 2 aliphatic rings. The van der Waals surface area contributed by atoms with E-state index in [1.165, 1.54) is 0 Å². The number of hydrogen-bond donors (Lipinski definition) is 0. The van der Waals surface area contributed by atoms with Gasteiger partial charge in [-0.15, -0.1) is 0 Å². The number of halogens is 1. The van der Waals surface area contributed by atoms with E-state index in [1.54, 1.807) is 7.11 Å². The molecule has 0 radical (unpaired) electrons. The van der Waals surface area contributed by atoms with Gasteiger partial charge >= 0.3 is 0 Å². The normalized spacial score (nSPS) is 20.3. The van der Waals surface area contributed by atoms with Gasteiger partial charge in [-0.25, -0.2) is 0 Å². The third-order valence-corrected chi connectivity index (χ3v) is 6.26. The minimum atomic E-state index is -0.130. The number of hydrogen-bond acceptors (Lipinski definition) is 3. The highest BCUT2D eigenvalue weighted by molar-refractivity contribution is 6.30. The summed E-state index contributed by atoms with van der Waals surface area (Å²) in [5, 5.41) is 0.697. The zero-order chi connectivity index (χ0) is 20.7. The number of methoxy groups -OCH3 is 1. The minimum Gasteiger partial charge on any atom is -0.497 e. The average molecular weight is 417 g/mol. The second-order valence-electron chi connectivity index (χ2n) is 7.76. The highest BCUT2D eigenvalue weighted by atomic mass is 35.5. The van der Waals surface area contributed by atoms with E-state index in [2.05, 4.69) is 0 Å². The van der Waals surface area contributed by atoms with Crippen molar-refractivity contribution in [2.75, 3.05) is 7.11 Å². The van der Waals surface area contributed by atoms with Crippen LogP contribution in [-0.2, 0) is 4.79 Å². The molecule has 30 heavy (non-hydrogen) atoms. The van der Waals surface area contributed by atoms with Crippen LogP contribution < -0.4 is 9.47 Å². The molecular formula is C26H21ClO3. The number of ketones is 1. The second kappa shape index (κ2) is 7.66. The third kappa shape index (κ3) is 3.29. The van der Waals surface area contributed by atoms with E-state index in [9.17, 15) is 4.79 Å². The molecule has 2 atom stereocenters. The molecule has 150 valence electrons. The van der Waals surface area contributed by atoms with Crippen LogP contribution in [0, 0.1) is 0 Å². The van der Waals surface area contributed by atoms with Gasteiger partial charge in [-0.1, -0.05) is 54.1 Å². The summed E-state index contributed by atoms with van der Waals surface area (Å²) >= 11 is 6.04. The summed E-state index contributed by atoms with van der Waals surface area (Å²) in [5.41, 5.74) is 3.99. The van der Waals surface area contributed by atoms with Gasteiger partial charge in [-0.2, -0.15) is 0 Å². The van der Waals surface area contributed by atoms with Gasteiger partial charge in [0.1, 0.15) is 17.3 Å². The fourth-order valence-electron chi connectivity index (χ4n) is 4.53. The quantitative estimate of drug-likeness (QED) is 0.504. The second-order valence-corrected chi connectivity index (χ2v) is 8.20. The molecule has 0 spiro atoms. The summed E-state index contributed by atoms with van der Waals surface area (Å²) in [6.07, 6.45) is 1.17. The maximum Gasteiger partial charge on any atom is 0.163 e. The third-order valence-electron chi connectivity index (χ3n) is 6.01. The summed E-state index contributed by atoms with van der Waals surface area (Å²) in [7, 11) is 1.65. The van der Waals surface area contributed by atoms with Gasteiger partial charge in [0.25, 0.3) is 0 Å². The lowest BCUT2D eigenvalue weighted by Gasteiger charge is -2.35. The van der Waals surface area contributed by atoms with Crippen LogP contribution in [0.5, 0.6) is 11.5 Å². The zero-order valence-electron chi connectivity index (χ0n) is 16.6. The number of rotatable bonds is 3. The van der Waals surface area contributed by atoms with Crippen molar-refractivity contribution in [3.05, 3.63) is 106 Å². The van der Waals surface area contributed by atoms with E-state index < -0.39 is 0 Å². The molecule has 1 aliphatic heterocycles. The van der Waals surface area contributed by atoms with Gasteiger partial charge in [0.2, 0.25) is 0 Å². The number of benzene rings is 3. The number of fused-ring (bicyclic) bond motifs is 1. The van der Waals surface area contributed by atoms with Crippen molar-refractivity contribution in [2.45, 2.75) is 24.7 Å². The Kier molecular flexibility index (Phi) is 4.84. The smallest absolute Gasteiger partial charge is 0.163 e. The van der Waals surface area contributed by atoms with Crippen LogP contribution in [0.1, 0.15) is 41.4 Å². The minimum absolute atomic E-state index is 0.0929. The molecule has 3 aromatic rings. The zero-order valence-corrected chi connectivity index (χ0v) is 17.4. The van der Waals surface area contributed by atoms with Crippen LogP contribution in [-0.4, -0.2) is 12.9 Å². The van der Waals surface area contributed by atoms with E-state index in [1.807, 2.05) is 72.8 Å². The number of carbonyl (C=O) groups is 1. The molecule has 3 nitrogen and oxygen atoms in total. The Hall–Kier alpha value is -3.04. The summed E-state index contributed by atoms with van der Waals surface area (Å²) < 4.78 is 11.6. The van der Waals surface area contributed by atoms with Crippen molar-refractivity contribution in [1.82, 2.24) is 0 Å². The monoisotopic (exact) mass is 416 g/mol. The molecule has 0 amide bonds. The number of Topliss-reactive ketones (excluding diaryl/α,β-unsaturated/α-hetero) is 1. The number of carbonyl (C=O) groups excluding carboxylic acids is 1. The van der Waals surface area contributed by atoms with Crippen LogP contribution in [0.3, 0.4) is 0 Å². The molecule has 5 rings (SSSR count). The SMILES string of the molecule is COc1ccc([C@@H]2C3=C(C[C@@H](c4ccc(Cl)cc4)CC3=O)Oc3ccccc32)cc1. The Morgan fingerprint density at radius 3 is 2.33 bits per heavy atom. The van der Waals surface area contributed by atoms with E-state index in [0.717, 1.165) is 39.5 Å². The molecule has 0 fully saturated rings. The lowest BCUT2D eigenvalue weighted by atomic mass is 9.73. The molecule has 0 saturated heterocycles. The van der Waals surface area contributed by atoms with Crippen LogP contribution in [0.15, 0.2) is 84.1 Å². The van der Waals surface area contributed by atoms with Crippen LogP contribution in [0.4, 0.5) is 0 Å². The number of ether oxygens (including phenoxy) is 2. The predicted molar refractivity (Wildman–Crippen MR) is 117 cm³/mol. The van der Waals surface area contributed by atoms with Gasteiger partial charge < -0.3 is 9.47 Å². The van der Waals surface area contributed by atoms with Crippen molar-refractivity contribution in [1.29, 1.82) is 0 Å². The highest BCUT2D eigenvalue weighted by Gasteiger charge is 2.39. The lowest BCUT2D eigenvalue weighted by Crippen LogP contribution is -2.28. The first kappa shape index (κ1) is 19.0. The molecule has 0 bridgehead atoms. The molecule has 1 aliphatic carbocycles. The van der Waals surface area contributed by atoms with Gasteiger partial charge in [-0.3, -0.25) is 4.79 Å². The molecule has 0 N–H and O–H groups in total. The number of allylic oxidation sites excluding steroid dienone is 2. The van der Waals surface area contributed by atoms with Crippen LogP contribution in [0.2, 0.25) is 5.02 Å². The molecule has 0 saturated carbocycles. The first-order valence-corrected chi connectivity index (χ1v) is 10.4. The summed E-state index contributed by atoms with van der Waals surface area (Å²) in [6.45, 7) is 0. The van der Waals surface area contributed by atoms with Gasteiger partial charge in [-0.05, 0) is 47.4 Å². The van der Waals surface area contributed by atoms with Crippen LogP contribution >= 0.6 is 11.6 Å². The summed E-state index contributed by atoms with van der Waals surface area (Å²) in [5.74, 6) is 2.51. The Morgan fingerprint density at radius 1 is 0.900 bits per heavy atom. The molecule has 4 heteroatoms. The average Bonchev–Trinajstić information content (AvgIpc) is 2.78. The molecule has 0 unspecified atom stereocenters. The van der Waals surface area contributed by atoms with E-state index in [4.69, 9.17) is 21.1 Å². The van der Waals surface area contributed by atoms with Gasteiger partial charge in [0, 0.05) is 34.9 Å². The lowest BCUT2D eigenvalue weighted by molar-refractivity contribution is -0.117. The first-order chi connectivity index (χ1) is 14.6. The van der Waals surface area contributed by atoms with Crippen molar-refractivity contribution in [2.24, 2.45) is 0 Å². The Morgan fingerprint density at radius 2 is 1.60 bits per heavy atom.